The molecule has 3 heteroatoms. The van der Waals surface area contributed by atoms with Gasteiger partial charge in [-0.2, -0.15) is 0 Å². The van der Waals surface area contributed by atoms with Crippen molar-refractivity contribution in [2.45, 2.75) is 23.1 Å². The molecule has 0 saturated carbocycles. The zero-order chi connectivity index (χ0) is 13.0. The van der Waals surface area contributed by atoms with Gasteiger partial charge in [-0.05, 0) is 30.2 Å². The molecule has 0 amide bonds. The summed E-state index contributed by atoms with van der Waals surface area (Å²) in [5.41, 5.74) is 2.06. The van der Waals surface area contributed by atoms with Gasteiger partial charge in [0.05, 0.1) is 6.42 Å². The van der Waals surface area contributed by atoms with Gasteiger partial charge in [0.1, 0.15) is 0 Å². The van der Waals surface area contributed by atoms with Crippen LogP contribution in [-0.4, -0.2) is 11.1 Å². The van der Waals surface area contributed by atoms with Crippen molar-refractivity contribution in [3.05, 3.63) is 59.7 Å². The SMILES string of the molecule is Cc1ccccc1Sc1ccccc1CC(=O)O. The molecule has 92 valence electrons. The van der Waals surface area contributed by atoms with E-state index in [-0.39, 0.29) is 6.42 Å². The molecule has 0 radical (unpaired) electrons. The Morgan fingerprint density at radius 1 is 1.06 bits per heavy atom. The molecule has 0 spiro atoms. The number of rotatable bonds is 4. The van der Waals surface area contributed by atoms with Crippen molar-refractivity contribution in [1.82, 2.24) is 0 Å². The minimum Gasteiger partial charge on any atom is -0.481 e. The molecule has 2 nitrogen and oxygen atoms in total. The van der Waals surface area contributed by atoms with Crippen molar-refractivity contribution in [3.63, 3.8) is 0 Å². The fraction of sp³-hybridized carbons (Fsp3) is 0.133. The Bertz CT molecular complexity index is 564. The van der Waals surface area contributed by atoms with Crippen molar-refractivity contribution < 1.29 is 9.90 Å². The topological polar surface area (TPSA) is 37.3 Å². The van der Waals surface area contributed by atoms with Crippen LogP contribution in [0.5, 0.6) is 0 Å². The van der Waals surface area contributed by atoms with Crippen molar-refractivity contribution in [2.75, 3.05) is 0 Å². The lowest BCUT2D eigenvalue weighted by Gasteiger charge is -2.09. The van der Waals surface area contributed by atoms with E-state index in [2.05, 4.69) is 19.1 Å². The zero-order valence-electron chi connectivity index (χ0n) is 10.1. The maximum atomic E-state index is 10.8. The number of aliphatic carboxylic acids is 1. The lowest BCUT2D eigenvalue weighted by atomic mass is 10.1. The molecule has 18 heavy (non-hydrogen) atoms. The third-order valence-corrected chi connectivity index (χ3v) is 3.92. The highest BCUT2D eigenvalue weighted by atomic mass is 32.2. The molecule has 0 aliphatic carbocycles. The number of hydrogen-bond acceptors (Lipinski definition) is 2. The van der Waals surface area contributed by atoms with E-state index in [0.717, 1.165) is 15.4 Å². The Kier molecular flexibility index (Phi) is 4.05. The van der Waals surface area contributed by atoms with E-state index in [1.807, 2.05) is 36.4 Å². The molecule has 0 unspecified atom stereocenters. The van der Waals surface area contributed by atoms with Crippen LogP contribution >= 0.6 is 11.8 Å². The van der Waals surface area contributed by atoms with Gasteiger partial charge in [0.15, 0.2) is 0 Å². The molecule has 0 atom stereocenters. The maximum Gasteiger partial charge on any atom is 0.307 e. The van der Waals surface area contributed by atoms with Gasteiger partial charge >= 0.3 is 5.97 Å². The van der Waals surface area contributed by atoms with Crippen molar-refractivity contribution >= 4 is 17.7 Å². The summed E-state index contributed by atoms with van der Waals surface area (Å²) in [4.78, 5) is 13.0. The van der Waals surface area contributed by atoms with Crippen molar-refractivity contribution in [2.24, 2.45) is 0 Å². The molecule has 0 saturated heterocycles. The van der Waals surface area contributed by atoms with Gasteiger partial charge in [-0.25, -0.2) is 0 Å². The van der Waals surface area contributed by atoms with Gasteiger partial charge in [-0.15, -0.1) is 0 Å². The van der Waals surface area contributed by atoms with Crippen LogP contribution in [0.15, 0.2) is 58.3 Å². The van der Waals surface area contributed by atoms with Crippen molar-refractivity contribution in [1.29, 1.82) is 0 Å². The molecule has 2 rings (SSSR count). The van der Waals surface area contributed by atoms with Crippen LogP contribution in [0.2, 0.25) is 0 Å². The van der Waals surface area contributed by atoms with Gasteiger partial charge in [0.2, 0.25) is 0 Å². The Morgan fingerprint density at radius 3 is 2.33 bits per heavy atom. The van der Waals surface area contributed by atoms with Crippen LogP contribution < -0.4 is 0 Å². The number of hydrogen-bond donors (Lipinski definition) is 1. The van der Waals surface area contributed by atoms with Crippen LogP contribution in [0.3, 0.4) is 0 Å². The van der Waals surface area contributed by atoms with Gasteiger partial charge in [0, 0.05) is 9.79 Å². The summed E-state index contributed by atoms with van der Waals surface area (Å²) in [5, 5.41) is 8.90. The average molecular weight is 258 g/mol. The second-order valence-corrected chi connectivity index (χ2v) is 5.13. The summed E-state index contributed by atoms with van der Waals surface area (Å²) in [5.74, 6) is -0.798. The molecule has 0 aliphatic rings. The second kappa shape index (κ2) is 5.74. The number of benzene rings is 2. The first-order chi connectivity index (χ1) is 8.66. The van der Waals surface area contributed by atoms with Crippen LogP contribution in [0.1, 0.15) is 11.1 Å². The largest absolute Gasteiger partial charge is 0.481 e. The Balaban J connectivity index is 2.29. The minimum atomic E-state index is -0.798. The standard InChI is InChI=1S/C15H14O2S/c1-11-6-2-4-8-13(11)18-14-9-5-3-7-12(14)10-15(16)17/h2-9H,10H2,1H3,(H,16,17). The lowest BCUT2D eigenvalue weighted by Crippen LogP contribution is -2.01. The van der Waals surface area contributed by atoms with Crippen LogP contribution in [-0.2, 0) is 11.2 Å². The average Bonchev–Trinajstić information content (AvgIpc) is 2.34. The fourth-order valence-corrected chi connectivity index (χ4v) is 2.73. The Labute approximate surface area is 111 Å². The van der Waals surface area contributed by atoms with E-state index < -0.39 is 5.97 Å². The summed E-state index contributed by atoms with van der Waals surface area (Å²) in [6, 6.07) is 15.8. The fourth-order valence-electron chi connectivity index (χ4n) is 1.70. The van der Waals surface area contributed by atoms with Gasteiger partial charge < -0.3 is 5.11 Å². The molecule has 1 N–H and O–H groups in total. The Morgan fingerprint density at radius 2 is 1.67 bits per heavy atom. The first kappa shape index (κ1) is 12.7. The van der Waals surface area contributed by atoms with E-state index >= 15 is 0 Å². The summed E-state index contributed by atoms with van der Waals surface area (Å²) in [6.45, 7) is 2.06. The Hall–Kier alpha value is -1.74. The highest BCUT2D eigenvalue weighted by molar-refractivity contribution is 7.99. The molecule has 2 aromatic rings. The van der Waals surface area contributed by atoms with E-state index in [1.54, 1.807) is 11.8 Å². The smallest absolute Gasteiger partial charge is 0.307 e. The van der Waals surface area contributed by atoms with E-state index in [4.69, 9.17) is 5.11 Å². The summed E-state index contributed by atoms with van der Waals surface area (Å²) >= 11 is 1.62. The lowest BCUT2D eigenvalue weighted by molar-refractivity contribution is -0.136. The summed E-state index contributed by atoms with van der Waals surface area (Å²) in [7, 11) is 0. The maximum absolute atomic E-state index is 10.8. The van der Waals surface area contributed by atoms with E-state index in [0.29, 0.717) is 0 Å². The van der Waals surface area contributed by atoms with Crippen molar-refractivity contribution in [3.8, 4) is 0 Å². The number of carboxylic acids is 1. The third-order valence-electron chi connectivity index (χ3n) is 2.63. The monoisotopic (exact) mass is 258 g/mol. The highest BCUT2D eigenvalue weighted by Gasteiger charge is 2.08. The van der Waals surface area contributed by atoms with Crippen LogP contribution in [0.25, 0.3) is 0 Å². The van der Waals surface area contributed by atoms with Gasteiger partial charge in [-0.1, -0.05) is 48.2 Å². The molecular weight excluding hydrogens is 244 g/mol. The minimum absolute atomic E-state index is 0.0645. The molecule has 0 aromatic heterocycles. The molecular formula is C15H14O2S. The summed E-state index contributed by atoms with van der Waals surface area (Å²) < 4.78 is 0. The number of aryl methyl sites for hydroxylation is 1. The first-order valence-corrected chi connectivity index (χ1v) is 6.51. The summed E-state index contributed by atoms with van der Waals surface area (Å²) in [6.07, 6.45) is 0.0645. The highest BCUT2D eigenvalue weighted by Crippen LogP contribution is 2.32. The van der Waals surface area contributed by atoms with Crippen LogP contribution in [0, 0.1) is 6.92 Å². The third kappa shape index (κ3) is 3.14. The molecule has 0 heterocycles. The second-order valence-electron chi connectivity index (χ2n) is 4.05. The normalized spacial score (nSPS) is 10.3. The molecule has 2 aromatic carbocycles. The number of carboxylic acid groups (broad SMARTS) is 1. The molecule has 0 aliphatic heterocycles. The van der Waals surface area contributed by atoms with Crippen LogP contribution in [0.4, 0.5) is 0 Å². The van der Waals surface area contributed by atoms with E-state index in [9.17, 15) is 4.79 Å². The van der Waals surface area contributed by atoms with E-state index in [1.165, 1.54) is 5.56 Å². The predicted molar refractivity (Wildman–Crippen MR) is 73.1 cm³/mol. The quantitative estimate of drug-likeness (QED) is 0.907. The molecule has 0 bridgehead atoms. The predicted octanol–water partition coefficient (Wildman–Crippen LogP) is 3.77. The first-order valence-electron chi connectivity index (χ1n) is 5.70. The van der Waals surface area contributed by atoms with Gasteiger partial charge in [-0.3, -0.25) is 4.79 Å². The molecule has 0 fully saturated rings. The zero-order valence-corrected chi connectivity index (χ0v) is 10.9. The van der Waals surface area contributed by atoms with Gasteiger partial charge in [0.25, 0.3) is 0 Å². The number of carbonyl (C=O) groups is 1.